The lowest BCUT2D eigenvalue weighted by molar-refractivity contribution is 0.600. The minimum atomic E-state index is -2.38. The maximum absolute atomic E-state index is 9.84. The minimum Gasteiger partial charge on any atom is -0.304 e. The third-order valence-corrected chi connectivity index (χ3v) is 1.35. The van der Waals surface area contributed by atoms with Gasteiger partial charge in [-0.3, -0.25) is 0 Å². The number of nitrogens with one attached hydrogen (secondary N) is 1. The van der Waals surface area contributed by atoms with E-state index in [4.69, 9.17) is 0 Å². The van der Waals surface area contributed by atoms with Crippen LogP contribution in [0.15, 0.2) is 0 Å². The number of hydrogen-bond donors (Lipinski definition) is 2. The lowest BCUT2D eigenvalue weighted by Crippen LogP contribution is -2.22. The second kappa shape index (κ2) is 2.98. The molecule has 43 valence electrons. The summed E-state index contributed by atoms with van der Waals surface area (Å²) in [7, 11) is -0.840. The molecule has 0 bridgehead atoms. The van der Waals surface area contributed by atoms with Crippen LogP contribution in [-0.4, -0.2) is 20.8 Å². The Morgan fingerprint density at radius 1 is 1.71 bits per heavy atom. The van der Waals surface area contributed by atoms with E-state index < -0.39 is 16.1 Å². The van der Waals surface area contributed by atoms with Crippen LogP contribution in [0, 0.1) is 6.92 Å². The highest BCUT2D eigenvalue weighted by Gasteiger charge is 1.95. The van der Waals surface area contributed by atoms with Crippen molar-refractivity contribution in [2.45, 2.75) is 5.37 Å². The van der Waals surface area contributed by atoms with Crippen LogP contribution in [-0.2, 0) is 10.7 Å². The largest absolute Gasteiger partial charge is 0.304 e. The van der Waals surface area contributed by atoms with Crippen molar-refractivity contribution < 1.29 is 8.42 Å². The molecule has 1 N–H and O–H groups in total. The topological polar surface area (TPSA) is 46.2 Å². The van der Waals surface area contributed by atoms with E-state index in [2.05, 4.69) is 12.2 Å². The van der Waals surface area contributed by atoms with E-state index in [-0.39, 0.29) is 0 Å². The summed E-state index contributed by atoms with van der Waals surface area (Å²) in [5.41, 5.74) is 0. The summed E-state index contributed by atoms with van der Waals surface area (Å²) in [6.07, 6.45) is 0. The zero-order valence-electron chi connectivity index (χ0n) is 4.05. The van der Waals surface area contributed by atoms with E-state index in [0.29, 0.717) is 0 Å². The molecule has 0 fully saturated rings. The van der Waals surface area contributed by atoms with E-state index in [1.165, 1.54) is 0 Å². The highest BCUT2D eigenvalue weighted by Crippen LogP contribution is 1.73. The molecule has 1 radical (unpaired) electrons. The lowest BCUT2D eigenvalue weighted by atomic mass is 10.8. The maximum atomic E-state index is 9.84. The summed E-state index contributed by atoms with van der Waals surface area (Å²) in [4.78, 5) is 0. The Balaban J connectivity index is 3.57. The quantitative estimate of drug-likeness (QED) is 0.461. The van der Waals surface area contributed by atoms with E-state index in [9.17, 15) is 8.42 Å². The fraction of sp³-hybridized carbons (Fsp3) is 0.667. The molecule has 7 heavy (non-hydrogen) atoms. The number of thiol groups is 1. The van der Waals surface area contributed by atoms with Gasteiger partial charge in [0.15, 0.2) is 10.7 Å². The summed E-state index contributed by atoms with van der Waals surface area (Å²) >= 11 is 0. The van der Waals surface area contributed by atoms with Gasteiger partial charge in [-0.2, -0.15) is 0 Å². The van der Waals surface area contributed by atoms with Gasteiger partial charge in [0.25, 0.3) is 0 Å². The highest BCUT2D eigenvalue weighted by atomic mass is 32.2. The highest BCUT2D eigenvalue weighted by molar-refractivity contribution is 7.73. The molecule has 1 unspecified atom stereocenters. The van der Waals surface area contributed by atoms with Gasteiger partial charge in [-0.1, -0.05) is 0 Å². The van der Waals surface area contributed by atoms with Crippen molar-refractivity contribution in [1.29, 1.82) is 0 Å². The SMILES string of the molecule is [CH2]C(NC)[SH](=O)=O. The fourth-order valence-electron chi connectivity index (χ4n) is 0.105. The van der Waals surface area contributed by atoms with Gasteiger partial charge in [0.05, 0.1) is 0 Å². The van der Waals surface area contributed by atoms with Crippen molar-refractivity contribution in [2.24, 2.45) is 0 Å². The summed E-state index contributed by atoms with van der Waals surface area (Å²) in [5.74, 6) is 0. The average Bonchev–Trinajstić information content (AvgIpc) is 1.65. The first-order valence-electron chi connectivity index (χ1n) is 1.82. The van der Waals surface area contributed by atoms with Crippen LogP contribution >= 0.6 is 0 Å². The summed E-state index contributed by atoms with van der Waals surface area (Å²) < 4.78 is 19.7. The molecule has 0 aromatic carbocycles. The molecule has 0 heterocycles. The van der Waals surface area contributed by atoms with Crippen molar-refractivity contribution in [2.75, 3.05) is 7.05 Å². The molecule has 0 spiro atoms. The molecule has 0 aliphatic rings. The van der Waals surface area contributed by atoms with E-state index >= 15 is 0 Å². The maximum Gasteiger partial charge on any atom is 0.156 e. The van der Waals surface area contributed by atoms with Crippen molar-refractivity contribution in [3.05, 3.63) is 6.92 Å². The van der Waals surface area contributed by atoms with Crippen LogP contribution in [0.4, 0.5) is 0 Å². The number of hydrogen-bond acceptors (Lipinski definition) is 3. The zero-order valence-corrected chi connectivity index (χ0v) is 4.94. The molecule has 0 saturated heterocycles. The number of rotatable bonds is 2. The normalized spacial score (nSPS) is 14.7. The van der Waals surface area contributed by atoms with Crippen LogP contribution in [0.2, 0.25) is 0 Å². The summed E-state index contributed by atoms with van der Waals surface area (Å²) in [6, 6.07) is 0. The first kappa shape index (κ1) is 6.91. The van der Waals surface area contributed by atoms with Crippen molar-refractivity contribution in [1.82, 2.24) is 5.32 Å². The predicted octanol–water partition coefficient (Wildman–Crippen LogP) is -1.02. The summed E-state index contributed by atoms with van der Waals surface area (Å²) in [5, 5.41) is 1.81. The summed E-state index contributed by atoms with van der Waals surface area (Å²) in [6.45, 7) is 3.25. The second-order valence-corrected chi connectivity index (χ2v) is 2.28. The van der Waals surface area contributed by atoms with Crippen molar-refractivity contribution >= 4 is 10.7 Å². The minimum absolute atomic E-state index is 0.644. The molecule has 3 nitrogen and oxygen atoms in total. The third-order valence-electron chi connectivity index (χ3n) is 0.588. The van der Waals surface area contributed by atoms with Gasteiger partial charge in [-0.15, -0.1) is 0 Å². The third kappa shape index (κ3) is 2.59. The van der Waals surface area contributed by atoms with Gasteiger partial charge in [0, 0.05) is 0 Å². The zero-order chi connectivity index (χ0) is 5.86. The first-order chi connectivity index (χ1) is 3.18. The Kier molecular flexibility index (Phi) is 2.95. The van der Waals surface area contributed by atoms with Crippen LogP contribution < -0.4 is 5.32 Å². The van der Waals surface area contributed by atoms with Crippen LogP contribution in [0.3, 0.4) is 0 Å². The molecule has 0 aliphatic heterocycles. The van der Waals surface area contributed by atoms with E-state index in [1.807, 2.05) is 0 Å². The second-order valence-electron chi connectivity index (χ2n) is 1.09. The Hall–Kier alpha value is -0.0900. The molecular weight excluding hydrogens is 114 g/mol. The van der Waals surface area contributed by atoms with Gasteiger partial charge in [0.1, 0.15) is 5.37 Å². The van der Waals surface area contributed by atoms with Crippen LogP contribution in [0.25, 0.3) is 0 Å². The smallest absolute Gasteiger partial charge is 0.156 e. The Labute approximate surface area is 44.7 Å². The van der Waals surface area contributed by atoms with Gasteiger partial charge >= 0.3 is 0 Å². The average molecular weight is 122 g/mol. The lowest BCUT2D eigenvalue weighted by Gasteiger charge is -1.95. The Morgan fingerprint density at radius 2 is 2.14 bits per heavy atom. The predicted molar refractivity (Wildman–Crippen MR) is 28.5 cm³/mol. The van der Waals surface area contributed by atoms with Gasteiger partial charge < -0.3 is 5.32 Å². The molecule has 0 aliphatic carbocycles. The molecular formula is C3H8NO2S. The monoisotopic (exact) mass is 122 g/mol. The Bertz CT molecular complexity index is 102. The molecule has 0 saturated carbocycles. The molecule has 0 aromatic rings. The van der Waals surface area contributed by atoms with Gasteiger partial charge in [0.2, 0.25) is 0 Å². The Morgan fingerprint density at radius 3 is 2.14 bits per heavy atom. The van der Waals surface area contributed by atoms with Gasteiger partial charge in [-0.05, 0) is 14.0 Å². The molecule has 0 amide bonds. The van der Waals surface area contributed by atoms with Crippen molar-refractivity contribution in [3.8, 4) is 0 Å². The molecule has 1 atom stereocenters. The first-order valence-corrected chi connectivity index (χ1v) is 3.07. The molecule has 0 aromatic heterocycles. The van der Waals surface area contributed by atoms with E-state index in [0.717, 1.165) is 0 Å². The molecule has 4 heteroatoms. The van der Waals surface area contributed by atoms with Crippen LogP contribution in [0.5, 0.6) is 0 Å². The van der Waals surface area contributed by atoms with Crippen molar-refractivity contribution in [3.63, 3.8) is 0 Å². The molecule has 0 rings (SSSR count). The standard InChI is InChI=1S/C3H8NO2S/c1-3(4-2)7(5)6/h3-4,7H,1H2,2H3. The van der Waals surface area contributed by atoms with Crippen LogP contribution in [0.1, 0.15) is 0 Å². The fourth-order valence-corrected chi connectivity index (χ4v) is 0.316. The van der Waals surface area contributed by atoms with Gasteiger partial charge in [-0.25, -0.2) is 8.42 Å². The van der Waals surface area contributed by atoms with E-state index in [1.54, 1.807) is 7.05 Å².